The summed E-state index contributed by atoms with van der Waals surface area (Å²) >= 11 is 0. The highest BCUT2D eigenvalue weighted by Gasteiger charge is 2.42. The zero-order valence-electron chi connectivity index (χ0n) is 31.4. The molecule has 54 heavy (non-hydrogen) atoms. The number of esters is 1. The molecule has 2 aliphatic rings. The number of primary amides is 1. The van der Waals surface area contributed by atoms with E-state index >= 15 is 0 Å². The summed E-state index contributed by atoms with van der Waals surface area (Å²) in [4.78, 5) is 105. The lowest BCUT2D eigenvalue weighted by atomic mass is 9.83. The Morgan fingerprint density at radius 1 is 0.944 bits per heavy atom. The third kappa shape index (κ3) is 11.7. The highest BCUT2D eigenvalue weighted by molar-refractivity contribution is 6.06. The quantitative estimate of drug-likeness (QED) is 0.0804. The van der Waals surface area contributed by atoms with E-state index in [9.17, 15) is 43.5 Å². The average Bonchev–Trinajstić information content (AvgIpc) is 3.63. The number of carboxylic acids is 1. The van der Waals surface area contributed by atoms with Crippen molar-refractivity contribution in [2.45, 2.75) is 103 Å². The summed E-state index contributed by atoms with van der Waals surface area (Å²) in [6.07, 6.45) is 10.2. The second-order valence-electron chi connectivity index (χ2n) is 14.6. The number of hydrogen-bond donors (Lipinski definition) is 6. The largest absolute Gasteiger partial charge is 0.478 e. The third-order valence-corrected chi connectivity index (χ3v) is 9.49. The number of benzene rings is 1. The van der Waals surface area contributed by atoms with Crippen LogP contribution in [0.4, 0.5) is 0 Å². The smallest absolute Gasteiger partial charge is 0.336 e. The van der Waals surface area contributed by atoms with Gasteiger partial charge in [-0.1, -0.05) is 70.4 Å². The number of carboxylic acid groups (broad SMARTS) is 1. The van der Waals surface area contributed by atoms with Crippen LogP contribution in [0.2, 0.25) is 0 Å². The fraction of sp³-hybridized carbons (Fsp3) is 0.526. The molecule has 1 aromatic rings. The van der Waals surface area contributed by atoms with Crippen molar-refractivity contribution in [3.8, 4) is 0 Å². The Morgan fingerprint density at radius 3 is 2.19 bits per heavy atom. The Bertz CT molecular complexity index is 1640. The zero-order valence-corrected chi connectivity index (χ0v) is 31.4. The van der Waals surface area contributed by atoms with Gasteiger partial charge in [-0.15, -0.1) is 0 Å². The molecule has 7 N–H and O–H groups in total. The maximum absolute atomic E-state index is 14.2. The number of allylic oxidation sites excluding steroid dienone is 1. The molecule has 1 aliphatic heterocycles. The van der Waals surface area contributed by atoms with Gasteiger partial charge in [0.1, 0.15) is 30.2 Å². The van der Waals surface area contributed by atoms with E-state index in [1.54, 1.807) is 26.8 Å². The molecule has 6 amide bonds. The molecule has 16 nitrogen and oxygen atoms in total. The van der Waals surface area contributed by atoms with Gasteiger partial charge in [0.05, 0.1) is 18.2 Å². The molecule has 1 aromatic carbocycles. The predicted octanol–water partition coefficient (Wildman–Crippen LogP) is 1.35. The lowest BCUT2D eigenvalue weighted by Crippen LogP contribution is -2.61. The van der Waals surface area contributed by atoms with E-state index in [1.807, 2.05) is 0 Å². The first-order valence-electron chi connectivity index (χ1n) is 18.0. The van der Waals surface area contributed by atoms with Crippen molar-refractivity contribution in [2.75, 3.05) is 13.7 Å². The number of rotatable bonds is 16. The zero-order chi connectivity index (χ0) is 40.2. The molecule has 1 heterocycles. The molecule has 0 bridgehead atoms. The fourth-order valence-corrected chi connectivity index (χ4v) is 6.45. The van der Waals surface area contributed by atoms with Crippen molar-refractivity contribution in [1.82, 2.24) is 26.2 Å². The second-order valence-corrected chi connectivity index (χ2v) is 14.6. The Morgan fingerprint density at radius 2 is 1.59 bits per heavy atom. The monoisotopic (exact) mass is 752 g/mol. The van der Waals surface area contributed by atoms with E-state index in [4.69, 9.17) is 5.73 Å². The fourth-order valence-electron chi connectivity index (χ4n) is 6.45. The third-order valence-electron chi connectivity index (χ3n) is 9.49. The maximum Gasteiger partial charge on any atom is 0.336 e. The van der Waals surface area contributed by atoms with Crippen LogP contribution in [0.1, 0.15) is 93.4 Å². The summed E-state index contributed by atoms with van der Waals surface area (Å²) in [7, 11) is 1.20. The van der Waals surface area contributed by atoms with Gasteiger partial charge < -0.3 is 41.7 Å². The molecular weight excluding hydrogens is 700 g/mol. The first kappa shape index (κ1) is 42.9. The normalized spacial score (nSPS) is 18.2. The molecule has 0 unspecified atom stereocenters. The number of nitrogens with one attached hydrogen (secondary N) is 4. The first-order valence-corrected chi connectivity index (χ1v) is 18.0. The van der Waals surface area contributed by atoms with Gasteiger partial charge in [0.15, 0.2) is 0 Å². The maximum atomic E-state index is 14.2. The van der Waals surface area contributed by atoms with Gasteiger partial charge >= 0.3 is 11.9 Å². The number of methoxy groups -OCH3 is 1. The van der Waals surface area contributed by atoms with Crippen LogP contribution in [0.5, 0.6) is 0 Å². The minimum atomic E-state index is -1.34. The van der Waals surface area contributed by atoms with Gasteiger partial charge in [-0.3, -0.25) is 28.8 Å². The summed E-state index contributed by atoms with van der Waals surface area (Å²) in [5.41, 5.74) is 4.23. The summed E-state index contributed by atoms with van der Waals surface area (Å²) in [5.74, 6) is -6.20. The van der Waals surface area contributed by atoms with Crippen LogP contribution in [-0.2, 0) is 33.5 Å². The van der Waals surface area contributed by atoms with E-state index < -0.39 is 83.0 Å². The van der Waals surface area contributed by atoms with Crippen LogP contribution in [0.25, 0.3) is 0 Å². The van der Waals surface area contributed by atoms with Gasteiger partial charge in [0.25, 0.3) is 5.91 Å². The Labute approximate surface area is 314 Å². The van der Waals surface area contributed by atoms with Crippen molar-refractivity contribution < 1.29 is 48.2 Å². The number of aromatic carboxylic acids is 1. The molecule has 3 rings (SSSR count). The predicted molar refractivity (Wildman–Crippen MR) is 196 cm³/mol. The van der Waals surface area contributed by atoms with Gasteiger partial charge in [-0.05, 0) is 56.1 Å². The molecule has 1 fully saturated rings. The van der Waals surface area contributed by atoms with Crippen molar-refractivity contribution in [1.29, 1.82) is 0 Å². The Balaban J connectivity index is 1.77. The highest BCUT2D eigenvalue weighted by atomic mass is 16.5. The van der Waals surface area contributed by atoms with Crippen molar-refractivity contribution in [2.24, 2.45) is 17.1 Å². The minimum Gasteiger partial charge on any atom is -0.478 e. The number of nitrogens with zero attached hydrogens (tertiary/aromatic N) is 1. The van der Waals surface area contributed by atoms with E-state index in [0.717, 1.165) is 38.2 Å². The lowest BCUT2D eigenvalue weighted by molar-refractivity contribution is -0.144. The number of ether oxygens (including phenoxy) is 1. The van der Waals surface area contributed by atoms with Crippen LogP contribution in [-0.4, -0.2) is 101 Å². The van der Waals surface area contributed by atoms with Gasteiger partial charge in [-0.2, -0.15) is 0 Å². The molecule has 5 atom stereocenters. The highest BCUT2D eigenvalue weighted by Crippen LogP contribution is 2.27. The number of hydrogen-bond acceptors (Lipinski definition) is 9. The van der Waals surface area contributed by atoms with Crippen LogP contribution in [0, 0.1) is 11.3 Å². The van der Waals surface area contributed by atoms with Crippen molar-refractivity contribution in [3.05, 3.63) is 59.7 Å². The number of nitrogens with two attached hydrogens (primary N) is 1. The molecule has 0 aromatic heterocycles. The minimum absolute atomic E-state index is 0.0236. The molecule has 1 saturated carbocycles. The van der Waals surface area contributed by atoms with Crippen LogP contribution in [0.3, 0.4) is 0 Å². The standard InChI is InChI=1S/C38H52N6O10/c1-22(32(47)42-29(31(39)46)23-14-7-6-8-15-23)40-35(50)27-19-13-21-44(27)36(51)30(38(2,3)4)43-34(49)26(18-11-12-20-28(45)54-5)41-33(48)24-16-9-10-17-25(24)37(52)53/h9-10,12-13,16-17,19-20,22-23,26-27,29-30H,6-8,11,14-15,18,21H2,1-5H3,(H2,39,46)(H,40,50)(H,41,48)(H,42,47)(H,43,49)(H,52,53)/b20-12+/t22-,26-,27-,29-,30+/m0/s1. The topological polar surface area (TPSA) is 243 Å². The van der Waals surface area contributed by atoms with Crippen LogP contribution < -0.4 is 27.0 Å². The van der Waals surface area contributed by atoms with Crippen molar-refractivity contribution >= 4 is 47.4 Å². The summed E-state index contributed by atoms with van der Waals surface area (Å²) in [6.45, 7) is 6.60. The molecule has 294 valence electrons. The van der Waals surface area contributed by atoms with Gasteiger partial charge in [0, 0.05) is 12.6 Å². The summed E-state index contributed by atoms with van der Waals surface area (Å²) < 4.78 is 4.59. The molecule has 0 spiro atoms. The Kier molecular flexibility index (Phi) is 15.5. The van der Waals surface area contributed by atoms with E-state index in [1.165, 1.54) is 55.4 Å². The van der Waals surface area contributed by atoms with E-state index in [-0.39, 0.29) is 36.4 Å². The molecule has 0 saturated heterocycles. The average molecular weight is 753 g/mol. The SMILES string of the molecule is COC(=O)/C=C/CC[C@H](NC(=O)c1ccccc1C(=O)O)C(=O)N[C@H](C(=O)N1CC=C[C@H]1C(=O)N[C@@H](C)C(=O)N[C@H](C(N)=O)C1CCCCC1)C(C)(C)C. The second kappa shape index (κ2) is 19.5. The number of carbonyl (C=O) groups excluding carboxylic acids is 7. The first-order chi connectivity index (χ1) is 25.5. The lowest BCUT2D eigenvalue weighted by Gasteiger charge is -2.36. The number of carbonyl (C=O) groups is 8. The van der Waals surface area contributed by atoms with Gasteiger partial charge in [0.2, 0.25) is 29.5 Å². The summed E-state index contributed by atoms with van der Waals surface area (Å²) in [5, 5.41) is 20.2. The van der Waals surface area contributed by atoms with Crippen LogP contribution in [0.15, 0.2) is 48.6 Å². The molecule has 0 radical (unpaired) electrons. The van der Waals surface area contributed by atoms with E-state index in [0.29, 0.717) is 0 Å². The van der Waals surface area contributed by atoms with Gasteiger partial charge in [-0.25, -0.2) is 9.59 Å². The van der Waals surface area contributed by atoms with Crippen LogP contribution >= 0.6 is 0 Å². The van der Waals surface area contributed by atoms with E-state index in [2.05, 4.69) is 26.0 Å². The van der Waals surface area contributed by atoms with Crippen molar-refractivity contribution in [3.63, 3.8) is 0 Å². The molecule has 16 heteroatoms. The molecule has 1 aliphatic carbocycles. The molecular formula is C38H52N6O10. The summed E-state index contributed by atoms with van der Waals surface area (Å²) in [6, 6.07) is -0.104. The Hall–Kier alpha value is -5.54. The number of amides is 6.